The maximum Gasteiger partial charge on any atom is 0.220 e. The number of ether oxygens (including phenoxy) is 1. The smallest absolute Gasteiger partial charge is 0.220 e. The molecule has 2 aliphatic rings. The summed E-state index contributed by atoms with van der Waals surface area (Å²) in [5, 5.41) is 3.24. The van der Waals surface area contributed by atoms with Gasteiger partial charge in [-0.25, -0.2) is 0 Å². The SMILES string of the molecule is O=C(CCSc1ccccc1)NCC1(N2CCOCC2)CCCCC1. The summed E-state index contributed by atoms with van der Waals surface area (Å²) < 4.78 is 5.52. The molecule has 0 atom stereocenters. The number of rotatable bonds is 7. The van der Waals surface area contributed by atoms with Gasteiger partial charge in [0.2, 0.25) is 5.91 Å². The second-order valence-electron chi connectivity index (χ2n) is 7.07. The molecule has 3 rings (SSSR count). The van der Waals surface area contributed by atoms with Gasteiger partial charge in [0.15, 0.2) is 0 Å². The summed E-state index contributed by atoms with van der Waals surface area (Å²) in [6.45, 7) is 4.44. The van der Waals surface area contributed by atoms with Crippen LogP contribution >= 0.6 is 11.8 Å². The molecule has 2 fully saturated rings. The molecule has 1 amide bonds. The second-order valence-corrected chi connectivity index (χ2v) is 8.24. The van der Waals surface area contributed by atoms with Crippen molar-refractivity contribution in [1.82, 2.24) is 10.2 Å². The number of carbonyl (C=O) groups is 1. The molecule has 1 saturated heterocycles. The van der Waals surface area contributed by atoms with Crippen molar-refractivity contribution >= 4 is 17.7 Å². The van der Waals surface area contributed by atoms with Crippen LogP contribution in [0.3, 0.4) is 0 Å². The Morgan fingerprint density at radius 2 is 1.84 bits per heavy atom. The summed E-state index contributed by atoms with van der Waals surface area (Å²) in [5.74, 6) is 1.02. The molecule has 1 aliphatic carbocycles. The van der Waals surface area contributed by atoms with Crippen molar-refractivity contribution < 1.29 is 9.53 Å². The van der Waals surface area contributed by atoms with Gasteiger partial charge in [-0.2, -0.15) is 0 Å². The number of carbonyl (C=O) groups excluding carboxylic acids is 1. The summed E-state index contributed by atoms with van der Waals surface area (Å²) in [6.07, 6.45) is 6.86. The quantitative estimate of drug-likeness (QED) is 0.756. The van der Waals surface area contributed by atoms with Crippen molar-refractivity contribution in [2.45, 2.75) is 49.0 Å². The van der Waals surface area contributed by atoms with Gasteiger partial charge in [-0.05, 0) is 25.0 Å². The van der Waals surface area contributed by atoms with Crippen molar-refractivity contribution in [2.24, 2.45) is 0 Å². The number of morpholine rings is 1. The van der Waals surface area contributed by atoms with E-state index in [1.54, 1.807) is 11.8 Å². The van der Waals surface area contributed by atoms with Crippen LogP contribution in [0.4, 0.5) is 0 Å². The van der Waals surface area contributed by atoms with Gasteiger partial charge in [-0.3, -0.25) is 9.69 Å². The minimum atomic E-state index is 0.157. The van der Waals surface area contributed by atoms with Crippen molar-refractivity contribution in [3.63, 3.8) is 0 Å². The summed E-state index contributed by atoms with van der Waals surface area (Å²) in [6, 6.07) is 10.3. The van der Waals surface area contributed by atoms with E-state index in [4.69, 9.17) is 4.74 Å². The van der Waals surface area contributed by atoms with Crippen LogP contribution in [-0.4, -0.2) is 54.9 Å². The van der Waals surface area contributed by atoms with Gasteiger partial charge < -0.3 is 10.1 Å². The van der Waals surface area contributed by atoms with Gasteiger partial charge >= 0.3 is 0 Å². The third kappa shape index (κ3) is 5.47. The third-order valence-electron chi connectivity index (χ3n) is 5.42. The van der Waals surface area contributed by atoms with E-state index in [1.807, 2.05) is 18.2 Å². The van der Waals surface area contributed by atoms with Crippen LogP contribution in [0.2, 0.25) is 0 Å². The predicted octanol–water partition coefficient (Wildman–Crippen LogP) is 3.32. The van der Waals surface area contributed by atoms with Crippen LogP contribution in [0, 0.1) is 0 Å². The molecule has 0 radical (unpaired) electrons. The Morgan fingerprint density at radius 3 is 2.56 bits per heavy atom. The fourth-order valence-electron chi connectivity index (χ4n) is 3.98. The molecule has 4 nitrogen and oxygen atoms in total. The first-order chi connectivity index (χ1) is 12.3. The number of amides is 1. The van der Waals surface area contributed by atoms with Crippen molar-refractivity contribution in [3.8, 4) is 0 Å². The number of nitrogens with zero attached hydrogens (tertiary/aromatic N) is 1. The fraction of sp³-hybridized carbons (Fsp3) is 0.650. The Kier molecular flexibility index (Phi) is 7.20. The lowest BCUT2D eigenvalue weighted by Crippen LogP contribution is -2.59. The molecule has 1 aromatic rings. The molecule has 1 aromatic carbocycles. The van der Waals surface area contributed by atoms with Crippen LogP contribution in [-0.2, 0) is 9.53 Å². The molecule has 1 aliphatic heterocycles. The fourth-order valence-corrected chi connectivity index (χ4v) is 4.85. The highest BCUT2D eigenvalue weighted by Gasteiger charge is 2.38. The summed E-state index contributed by atoms with van der Waals surface area (Å²) in [4.78, 5) is 16.1. The van der Waals surface area contributed by atoms with Crippen LogP contribution in [0.5, 0.6) is 0 Å². The molecule has 0 bridgehead atoms. The first kappa shape index (κ1) is 18.7. The molecule has 1 saturated carbocycles. The Hall–Kier alpha value is -1.04. The number of benzene rings is 1. The standard InChI is InChI=1S/C20H30N2O2S/c23-19(9-16-25-18-7-3-1-4-8-18)21-17-20(10-5-2-6-11-20)22-12-14-24-15-13-22/h1,3-4,7-8H,2,5-6,9-17H2,(H,21,23). The molecular weight excluding hydrogens is 332 g/mol. The molecule has 1 heterocycles. The topological polar surface area (TPSA) is 41.6 Å². The minimum absolute atomic E-state index is 0.157. The molecule has 0 unspecified atom stereocenters. The van der Waals surface area contributed by atoms with E-state index in [-0.39, 0.29) is 11.4 Å². The van der Waals surface area contributed by atoms with Gasteiger partial charge in [0.25, 0.3) is 0 Å². The number of nitrogens with one attached hydrogen (secondary N) is 1. The highest BCUT2D eigenvalue weighted by atomic mass is 32.2. The average Bonchev–Trinajstić information content (AvgIpc) is 2.69. The maximum atomic E-state index is 12.3. The van der Waals surface area contributed by atoms with E-state index in [0.717, 1.165) is 38.6 Å². The third-order valence-corrected chi connectivity index (χ3v) is 6.44. The van der Waals surface area contributed by atoms with E-state index < -0.39 is 0 Å². The Morgan fingerprint density at radius 1 is 1.12 bits per heavy atom. The molecule has 1 N–H and O–H groups in total. The summed E-state index contributed by atoms with van der Waals surface area (Å²) in [7, 11) is 0. The Labute approximate surface area is 155 Å². The molecular formula is C20H30N2O2S. The highest BCUT2D eigenvalue weighted by Crippen LogP contribution is 2.33. The monoisotopic (exact) mass is 362 g/mol. The van der Waals surface area contributed by atoms with Crippen molar-refractivity contribution in [1.29, 1.82) is 0 Å². The Bertz CT molecular complexity index is 526. The number of thioether (sulfide) groups is 1. The van der Waals surface area contributed by atoms with E-state index in [1.165, 1.54) is 37.0 Å². The first-order valence-corrected chi connectivity index (χ1v) is 10.5. The molecule has 138 valence electrons. The average molecular weight is 363 g/mol. The lowest BCUT2D eigenvalue weighted by atomic mass is 9.79. The number of hydrogen-bond acceptors (Lipinski definition) is 4. The summed E-state index contributed by atoms with van der Waals surface area (Å²) >= 11 is 1.75. The predicted molar refractivity (Wildman–Crippen MR) is 103 cm³/mol. The zero-order chi connectivity index (χ0) is 17.4. The Balaban J connectivity index is 1.46. The van der Waals surface area contributed by atoms with E-state index >= 15 is 0 Å². The van der Waals surface area contributed by atoms with Gasteiger partial charge in [0.1, 0.15) is 0 Å². The normalized spacial score (nSPS) is 21.0. The molecule has 0 aromatic heterocycles. The number of hydrogen-bond donors (Lipinski definition) is 1. The minimum Gasteiger partial charge on any atom is -0.379 e. The van der Waals surface area contributed by atoms with Crippen molar-refractivity contribution in [3.05, 3.63) is 30.3 Å². The first-order valence-electron chi connectivity index (χ1n) is 9.56. The van der Waals surface area contributed by atoms with E-state index in [2.05, 4.69) is 22.3 Å². The van der Waals surface area contributed by atoms with Gasteiger partial charge in [0, 0.05) is 42.2 Å². The van der Waals surface area contributed by atoms with Gasteiger partial charge in [-0.1, -0.05) is 37.5 Å². The van der Waals surface area contributed by atoms with E-state index in [0.29, 0.717) is 6.42 Å². The maximum absolute atomic E-state index is 12.3. The highest BCUT2D eigenvalue weighted by molar-refractivity contribution is 7.99. The van der Waals surface area contributed by atoms with E-state index in [9.17, 15) is 4.79 Å². The lowest BCUT2D eigenvalue weighted by molar-refractivity contribution is -0.122. The summed E-state index contributed by atoms with van der Waals surface area (Å²) in [5.41, 5.74) is 0.157. The van der Waals surface area contributed by atoms with Crippen LogP contribution in [0.1, 0.15) is 38.5 Å². The largest absolute Gasteiger partial charge is 0.379 e. The zero-order valence-corrected chi connectivity index (χ0v) is 15.9. The van der Waals surface area contributed by atoms with Gasteiger partial charge in [0.05, 0.1) is 13.2 Å². The van der Waals surface area contributed by atoms with Crippen LogP contribution < -0.4 is 5.32 Å². The molecule has 5 heteroatoms. The second kappa shape index (κ2) is 9.60. The van der Waals surface area contributed by atoms with Crippen LogP contribution in [0.15, 0.2) is 35.2 Å². The van der Waals surface area contributed by atoms with Crippen LogP contribution in [0.25, 0.3) is 0 Å². The molecule has 0 spiro atoms. The lowest BCUT2D eigenvalue weighted by Gasteiger charge is -2.48. The molecule has 25 heavy (non-hydrogen) atoms. The van der Waals surface area contributed by atoms with Crippen molar-refractivity contribution in [2.75, 3.05) is 38.6 Å². The zero-order valence-electron chi connectivity index (χ0n) is 15.0. The van der Waals surface area contributed by atoms with Gasteiger partial charge in [-0.15, -0.1) is 11.8 Å².